The lowest BCUT2D eigenvalue weighted by molar-refractivity contribution is -0.116. The lowest BCUT2D eigenvalue weighted by Crippen LogP contribution is -2.28. The molecule has 3 aromatic rings. The highest BCUT2D eigenvalue weighted by Gasteiger charge is 2.14. The molecular weight excluding hydrogens is 426 g/mol. The van der Waals surface area contributed by atoms with Gasteiger partial charge in [-0.1, -0.05) is 15.9 Å². The smallest absolute Gasteiger partial charge is 0.338 e. The van der Waals surface area contributed by atoms with Gasteiger partial charge in [-0.2, -0.15) is 0 Å². The van der Waals surface area contributed by atoms with Crippen LogP contribution in [0, 0.1) is 13.8 Å². The first-order valence-corrected chi connectivity index (χ1v) is 9.23. The van der Waals surface area contributed by atoms with Crippen LogP contribution in [-0.4, -0.2) is 28.5 Å². The summed E-state index contributed by atoms with van der Waals surface area (Å²) in [6.07, 6.45) is 1.35. The first-order chi connectivity index (χ1) is 13.3. The second kappa shape index (κ2) is 7.93. The molecule has 0 spiro atoms. The molecular formula is C20H18BrN3O4. The fraction of sp³-hybridized carbons (Fsp3) is 0.200. The van der Waals surface area contributed by atoms with Gasteiger partial charge in [0, 0.05) is 10.2 Å². The molecule has 0 radical (unpaired) electrons. The summed E-state index contributed by atoms with van der Waals surface area (Å²) >= 11 is 3.33. The van der Waals surface area contributed by atoms with Crippen molar-refractivity contribution in [2.24, 2.45) is 0 Å². The van der Waals surface area contributed by atoms with Crippen LogP contribution in [0.25, 0.3) is 10.9 Å². The Hall–Kier alpha value is -3.00. The molecule has 0 aliphatic heterocycles. The van der Waals surface area contributed by atoms with Gasteiger partial charge in [0.15, 0.2) is 0 Å². The zero-order chi connectivity index (χ0) is 20.4. The van der Waals surface area contributed by atoms with Crippen molar-refractivity contribution >= 4 is 44.4 Å². The zero-order valence-corrected chi connectivity index (χ0v) is 17.2. The number of aryl methyl sites for hydroxylation is 1. The van der Waals surface area contributed by atoms with Crippen LogP contribution >= 0.6 is 15.9 Å². The van der Waals surface area contributed by atoms with Crippen LogP contribution in [-0.2, 0) is 16.1 Å². The third-order valence-electron chi connectivity index (χ3n) is 4.46. The fourth-order valence-electron chi connectivity index (χ4n) is 2.85. The standard InChI is InChI=1S/C20H18BrN3O4/c1-11-6-14(8-15(12(11)2)20(27)28-3)23-18(25)9-24-10-22-17-5-4-13(21)7-16(17)19(24)26/h4-8,10H,9H2,1-3H3,(H,23,25). The minimum Gasteiger partial charge on any atom is -0.465 e. The maximum absolute atomic E-state index is 12.6. The number of methoxy groups -OCH3 is 1. The number of halogens is 1. The largest absolute Gasteiger partial charge is 0.465 e. The van der Waals surface area contributed by atoms with Crippen LogP contribution in [0.5, 0.6) is 0 Å². The van der Waals surface area contributed by atoms with Gasteiger partial charge in [0.25, 0.3) is 5.56 Å². The molecule has 0 saturated carbocycles. The molecule has 1 amide bonds. The van der Waals surface area contributed by atoms with Gasteiger partial charge >= 0.3 is 5.97 Å². The Labute approximate surface area is 169 Å². The van der Waals surface area contributed by atoms with Gasteiger partial charge in [-0.05, 0) is 55.3 Å². The number of amides is 1. The molecule has 0 aliphatic rings. The number of esters is 1. The van der Waals surface area contributed by atoms with E-state index in [-0.39, 0.29) is 12.1 Å². The summed E-state index contributed by atoms with van der Waals surface area (Å²) in [6.45, 7) is 3.45. The number of carbonyl (C=O) groups excluding carboxylic acids is 2. The van der Waals surface area contributed by atoms with E-state index in [2.05, 4.69) is 26.2 Å². The number of aromatic nitrogens is 2. The number of hydrogen-bond donors (Lipinski definition) is 1. The highest BCUT2D eigenvalue weighted by atomic mass is 79.9. The number of fused-ring (bicyclic) bond motifs is 1. The van der Waals surface area contributed by atoms with E-state index >= 15 is 0 Å². The predicted molar refractivity (Wildman–Crippen MR) is 110 cm³/mol. The lowest BCUT2D eigenvalue weighted by Gasteiger charge is -2.12. The van der Waals surface area contributed by atoms with Crippen molar-refractivity contribution in [2.75, 3.05) is 12.4 Å². The average molecular weight is 444 g/mol. The Morgan fingerprint density at radius 2 is 1.96 bits per heavy atom. The van der Waals surface area contributed by atoms with E-state index in [4.69, 9.17) is 4.74 Å². The lowest BCUT2D eigenvalue weighted by atomic mass is 10.0. The topological polar surface area (TPSA) is 90.3 Å². The second-order valence-electron chi connectivity index (χ2n) is 6.34. The minimum absolute atomic E-state index is 0.200. The first-order valence-electron chi connectivity index (χ1n) is 8.44. The fourth-order valence-corrected chi connectivity index (χ4v) is 3.21. The number of ether oxygens (including phenoxy) is 1. The SMILES string of the molecule is COC(=O)c1cc(NC(=O)Cn2cnc3ccc(Br)cc3c2=O)cc(C)c1C. The molecule has 0 fully saturated rings. The summed E-state index contributed by atoms with van der Waals surface area (Å²) in [5, 5.41) is 3.14. The summed E-state index contributed by atoms with van der Waals surface area (Å²) in [4.78, 5) is 41.2. The Morgan fingerprint density at radius 1 is 1.21 bits per heavy atom. The van der Waals surface area contributed by atoms with Crippen molar-refractivity contribution in [2.45, 2.75) is 20.4 Å². The van der Waals surface area contributed by atoms with Crippen molar-refractivity contribution in [1.82, 2.24) is 9.55 Å². The third kappa shape index (κ3) is 3.96. The normalized spacial score (nSPS) is 10.7. The maximum Gasteiger partial charge on any atom is 0.338 e. The molecule has 3 rings (SSSR count). The molecule has 1 N–H and O–H groups in total. The van der Waals surface area contributed by atoms with Crippen molar-refractivity contribution in [3.8, 4) is 0 Å². The average Bonchev–Trinajstić information content (AvgIpc) is 2.66. The number of anilines is 1. The molecule has 0 saturated heterocycles. The summed E-state index contributed by atoms with van der Waals surface area (Å²) in [5.41, 5.74) is 2.71. The van der Waals surface area contributed by atoms with Crippen LogP contribution in [0.4, 0.5) is 5.69 Å². The van der Waals surface area contributed by atoms with E-state index in [0.29, 0.717) is 22.2 Å². The molecule has 2 aromatic carbocycles. The quantitative estimate of drug-likeness (QED) is 0.625. The van der Waals surface area contributed by atoms with E-state index in [1.807, 2.05) is 13.8 Å². The monoisotopic (exact) mass is 443 g/mol. The number of benzene rings is 2. The van der Waals surface area contributed by atoms with Crippen LogP contribution in [0.3, 0.4) is 0 Å². The Kier molecular flexibility index (Phi) is 5.60. The first kappa shape index (κ1) is 19.8. The molecule has 1 heterocycles. The molecule has 8 heteroatoms. The predicted octanol–water partition coefficient (Wildman–Crippen LogP) is 3.20. The van der Waals surface area contributed by atoms with Gasteiger partial charge in [-0.3, -0.25) is 14.2 Å². The van der Waals surface area contributed by atoms with Gasteiger partial charge in [0.1, 0.15) is 6.54 Å². The summed E-state index contributed by atoms with van der Waals surface area (Å²) in [7, 11) is 1.31. The Morgan fingerprint density at radius 3 is 2.68 bits per heavy atom. The van der Waals surface area contributed by atoms with Gasteiger partial charge in [-0.25, -0.2) is 9.78 Å². The molecule has 28 heavy (non-hydrogen) atoms. The zero-order valence-electron chi connectivity index (χ0n) is 15.6. The van der Waals surface area contributed by atoms with Gasteiger partial charge in [-0.15, -0.1) is 0 Å². The third-order valence-corrected chi connectivity index (χ3v) is 4.95. The number of rotatable bonds is 4. The molecule has 1 aromatic heterocycles. The Bertz CT molecular complexity index is 1150. The van der Waals surface area contributed by atoms with Crippen LogP contribution in [0.1, 0.15) is 21.5 Å². The minimum atomic E-state index is -0.475. The number of hydrogen-bond acceptors (Lipinski definition) is 5. The molecule has 0 unspecified atom stereocenters. The van der Waals surface area contributed by atoms with Crippen LogP contribution in [0.15, 0.2) is 45.9 Å². The van der Waals surface area contributed by atoms with E-state index in [0.717, 1.165) is 15.6 Å². The number of nitrogens with zero attached hydrogens (tertiary/aromatic N) is 2. The van der Waals surface area contributed by atoms with E-state index in [1.165, 1.54) is 18.0 Å². The molecule has 0 bridgehead atoms. The second-order valence-corrected chi connectivity index (χ2v) is 7.26. The van der Waals surface area contributed by atoms with Crippen molar-refractivity contribution in [1.29, 1.82) is 0 Å². The number of carbonyl (C=O) groups is 2. The van der Waals surface area contributed by atoms with Crippen molar-refractivity contribution < 1.29 is 14.3 Å². The van der Waals surface area contributed by atoms with Gasteiger partial charge in [0.2, 0.25) is 5.91 Å². The summed E-state index contributed by atoms with van der Waals surface area (Å²) in [6, 6.07) is 8.52. The van der Waals surface area contributed by atoms with E-state index in [9.17, 15) is 14.4 Å². The Balaban J connectivity index is 1.86. The summed E-state index contributed by atoms with van der Waals surface area (Å²) in [5.74, 6) is -0.880. The van der Waals surface area contributed by atoms with Crippen molar-refractivity contribution in [3.63, 3.8) is 0 Å². The van der Waals surface area contributed by atoms with Crippen LogP contribution < -0.4 is 10.9 Å². The highest BCUT2D eigenvalue weighted by molar-refractivity contribution is 9.10. The summed E-state index contributed by atoms with van der Waals surface area (Å²) < 4.78 is 6.78. The number of nitrogens with one attached hydrogen (secondary N) is 1. The van der Waals surface area contributed by atoms with Gasteiger partial charge < -0.3 is 10.1 Å². The molecule has 144 valence electrons. The highest BCUT2D eigenvalue weighted by Crippen LogP contribution is 2.21. The van der Waals surface area contributed by atoms with E-state index < -0.39 is 11.9 Å². The maximum atomic E-state index is 12.6. The van der Waals surface area contributed by atoms with Crippen LogP contribution in [0.2, 0.25) is 0 Å². The molecule has 0 aliphatic carbocycles. The van der Waals surface area contributed by atoms with Crippen molar-refractivity contribution in [3.05, 3.63) is 68.2 Å². The van der Waals surface area contributed by atoms with E-state index in [1.54, 1.807) is 30.3 Å². The molecule has 0 atom stereocenters. The molecule has 7 nitrogen and oxygen atoms in total. The van der Waals surface area contributed by atoms with Gasteiger partial charge in [0.05, 0.1) is 29.9 Å².